The smallest absolute Gasteiger partial charge is 0.162 e. The largest absolute Gasteiger partial charge is 0.512 e. The molecular formula is C43H57IrN2O3Si-. The van der Waals surface area contributed by atoms with Crippen molar-refractivity contribution in [1.82, 2.24) is 9.97 Å². The van der Waals surface area contributed by atoms with Gasteiger partial charge in [-0.15, -0.1) is 28.8 Å². The monoisotopic (exact) mass is 870 g/mol. The molecule has 50 heavy (non-hydrogen) atoms. The van der Waals surface area contributed by atoms with Crippen LogP contribution in [0.15, 0.2) is 71.1 Å². The Bertz CT molecular complexity index is 1880. The molecule has 2 heterocycles. The fourth-order valence-electron chi connectivity index (χ4n) is 7.35. The van der Waals surface area contributed by atoms with Gasteiger partial charge in [-0.25, -0.2) is 4.98 Å². The molecule has 0 atom stereocenters. The van der Waals surface area contributed by atoms with Crippen molar-refractivity contribution in [2.75, 3.05) is 0 Å². The topological polar surface area (TPSA) is 76.2 Å². The Morgan fingerprint density at radius 1 is 0.840 bits per heavy atom. The molecule has 2 aromatic heterocycles. The molecule has 5 aromatic rings. The van der Waals surface area contributed by atoms with E-state index >= 15 is 0 Å². The standard InChI is InChI=1S/C30H33N2OSi.C13H24O2.Ir/c1-6-34(7-2,8-3)26-18-23(17-21-12-9-10-14-24(21)26)27-30-28(32-19-31-27)25-15-11-13-22(16-20(4)5)29(25)33-30;1-5-10(6-2)12(14)9-13(15)11(7-3)8-4;/h9-15,18-20H,6-8,16H2,1-5H3;9-11,14H,5-8H2,1-4H3;/q-1;;/b;12-9-;. The van der Waals surface area contributed by atoms with E-state index in [1.54, 1.807) is 6.33 Å². The number of rotatable bonds is 14. The van der Waals surface area contributed by atoms with Crippen molar-refractivity contribution in [1.29, 1.82) is 0 Å². The molecule has 7 heteroatoms. The van der Waals surface area contributed by atoms with Crippen LogP contribution < -0.4 is 5.19 Å². The summed E-state index contributed by atoms with van der Waals surface area (Å²) in [6, 6.07) is 24.8. The number of aromatic nitrogens is 2. The van der Waals surface area contributed by atoms with Gasteiger partial charge in [-0.05, 0) is 49.7 Å². The second kappa shape index (κ2) is 18.9. The van der Waals surface area contributed by atoms with Gasteiger partial charge in [0.05, 0.1) is 19.5 Å². The van der Waals surface area contributed by atoms with Crippen molar-refractivity contribution in [3.05, 3.63) is 78.3 Å². The third kappa shape index (κ3) is 8.84. The molecule has 0 spiro atoms. The minimum absolute atomic E-state index is 0. The zero-order valence-corrected chi connectivity index (χ0v) is 35.0. The second-order valence-corrected chi connectivity index (χ2v) is 19.1. The van der Waals surface area contributed by atoms with Crippen molar-refractivity contribution in [3.63, 3.8) is 0 Å². The van der Waals surface area contributed by atoms with Crippen molar-refractivity contribution in [3.8, 4) is 11.3 Å². The summed E-state index contributed by atoms with van der Waals surface area (Å²) in [4.78, 5) is 21.1. The van der Waals surface area contributed by atoms with Gasteiger partial charge in [0.15, 0.2) is 5.78 Å². The molecule has 271 valence electrons. The molecule has 0 saturated heterocycles. The summed E-state index contributed by atoms with van der Waals surface area (Å²) >= 11 is 0. The molecule has 0 aliphatic heterocycles. The Kier molecular flexibility index (Phi) is 15.6. The molecular weight excluding hydrogens is 813 g/mol. The van der Waals surface area contributed by atoms with Gasteiger partial charge < -0.3 is 9.52 Å². The first-order valence-corrected chi connectivity index (χ1v) is 21.3. The van der Waals surface area contributed by atoms with Gasteiger partial charge >= 0.3 is 0 Å². The van der Waals surface area contributed by atoms with Gasteiger partial charge in [-0.3, -0.25) is 9.78 Å². The second-order valence-electron chi connectivity index (χ2n) is 13.9. The predicted octanol–water partition coefficient (Wildman–Crippen LogP) is 11.8. The van der Waals surface area contributed by atoms with Crippen LogP contribution in [0.1, 0.15) is 93.6 Å². The Morgan fingerprint density at radius 3 is 2.06 bits per heavy atom. The number of carbonyl (C=O) groups excluding carboxylic acids is 1. The van der Waals surface area contributed by atoms with E-state index in [2.05, 4.69) is 94.2 Å². The molecule has 0 aliphatic carbocycles. The molecule has 0 saturated carbocycles. The van der Waals surface area contributed by atoms with Crippen LogP contribution in [0.4, 0.5) is 0 Å². The van der Waals surface area contributed by atoms with Crippen molar-refractivity contribution >= 4 is 51.9 Å². The van der Waals surface area contributed by atoms with Crippen molar-refractivity contribution in [2.45, 2.75) is 113 Å². The third-order valence-electron chi connectivity index (χ3n) is 10.7. The van der Waals surface area contributed by atoms with E-state index in [1.807, 2.05) is 27.7 Å². The number of aliphatic hydroxyl groups is 1. The minimum Gasteiger partial charge on any atom is -0.512 e. The molecule has 3 aromatic carbocycles. The number of ketones is 1. The molecule has 1 radical (unpaired) electrons. The summed E-state index contributed by atoms with van der Waals surface area (Å²) in [5.41, 5.74) is 5.68. The Labute approximate surface area is 314 Å². The maximum atomic E-state index is 11.7. The summed E-state index contributed by atoms with van der Waals surface area (Å²) in [7, 11) is -1.64. The van der Waals surface area contributed by atoms with E-state index in [-0.39, 0.29) is 43.5 Å². The molecule has 5 rings (SSSR count). The van der Waals surface area contributed by atoms with Crippen LogP contribution >= 0.6 is 0 Å². The molecule has 1 N–H and O–H groups in total. The summed E-state index contributed by atoms with van der Waals surface area (Å²) in [5, 5.41) is 14.9. The average Bonchev–Trinajstić information content (AvgIpc) is 3.50. The number of fused-ring (bicyclic) bond motifs is 4. The first-order chi connectivity index (χ1) is 23.6. The van der Waals surface area contributed by atoms with Crippen molar-refractivity contribution in [2.24, 2.45) is 17.8 Å². The number of aliphatic hydroxyl groups excluding tert-OH is 1. The maximum Gasteiger partial charge on any atom is 0.162 e. The van der Waals surface area contributed by atoms with Gasteiger partial charge in [0.25, 0.3) is 0 Å². The minimum atomic E-state index is -1.64. The number of nitrogens with zero attached hydrogens (tertiary/aromatic N) is 2. The Balaban J connectivity index is 0.000000361. The normalized spacial score (nSPS) is 12.2. The SMILES string of the molecule is CCC(CC)C(=O)/C=C(\O)C(CC)CC.CC[Si](CC)(CC)c1cc(-c2ncnc3c2oc2c(CC(C)C)cccc23)[c-]c2ccccc12.[Ir]. The zero-order chi connectivity index (χ0) is 35.7. The molecule has 5 nitrogen and oxygen atoms in total. The molecule has 0 bridgehead atoms. The maximum absolute atomic E-state index is 11.7. The van der Waals surface area contributed by atoms with Gasteiger partial charge in [-0.2, -0.15) is 0 Å². The van der Waals surface area contributed by atoms with Gasteiger partial charge in [0.1, 0.15) is 23.0 Å². The van der Waals surface area contributed by atoms with Crippen LogP contribution in [-0.4, -0.2) is 28.9 Å². The van der Waals surface area contributed by atoms with Gasteiger partial charge in [0, 0.05) is 43.4 Å². The van der Waals surface area contributed by atoms with Crippen LogP contribution in [0, 0.1) is 23.8 Å². The summed E-state index contributed by atoms with van der Waals surface area (Å²) < 4.78 is 6.55. The van der Waals surface area contributed by atoms with E-state index in [9.17, 15) is 9.90 Å². The molecule has 0 unspecified atom stereocenters. The van der Waals surface area contributed by atoms with Crippen LogP contribution in [0.5, 0.6) is 0 Å². The number of furan rings is 1. The van der Waals surface area contributed by atoms with Gasteiger partial charge in [-0.1, -0.05) is 122 Å². The number of carbonyl (C=O) groups is 1. The average molecular weight is 870 g/mol. The first kappa shape index (κ1) is 41.3. The number of benzene rings is 3. The van der Waals surface area contributed by atoms with E-state index in [0.717, 1.165) is 70.8 Å². The summed E-state index contributed by atoms with van der Waals surface area (Å²) in [5.74, 6) is 1.10. The molecule has 0 amide bonds. The fourth-order valence-corrected chi connectivity index (χ4v) is 11.2. The Hall–Kier alpha value is -3.12. The van der Waals surface area contributed by atoms with Crippen LogP contribution in [0.3, 0.4) is 0 Å². The predicted molar refractivity (Wildman–Crippen MR) is 210 cm³/mol. The number of para-hydroxylation sites is 1. The van der Waals surface area contributed by atoms with E-state index in [0.29, 0.717) is 5.92 Å². The Morgan fingerprint density at radius 2 is 1.46 bits per heavy atom. The van der Waals surface area contributed by atoms with Crippen LogP contribution in [0.25, 0.3) is 44.1 Å². The van der Waals surface area contributed by atoms with Crippen LogP contribution in [-0.2, 0) is 31.3 Å². The zero-order valence-electron chi connectivity index (χ0n) is 31.7. The number of allylic oxidation sites excluding steroid dienone is 2. The fraction of sp³-hybridized carbons (Fsp3) is 0.465. The molecule has 0 fully saturated rings. The van der Waals surface area contributed by atoms with E-state index in [4.69, 9.17) is 9.40 Å². The van der Waals surface area contributed by atoms with Crippen molar-refractivity contribution < 1.29 is 34.4 Å². The van der Waals surface area contributed by atoms with Crippen LogP contribution in [0.2, 0.25) is 18.1 Å². The first-order valence-electron chi connectivity index (χ1n) is 18.7. The molecule has 0 aliphatic rings. The number of hydrogen-bond donors (Lipinski definition) is 1. The summed E-state index contributed by atoms with van der Waals surface area (Å²) in [6.45, 7) is 19.6. The third-order valence-corrected chi connectivity index (χ3v) is 16.3. The van der Waals surface area contributed by atoms with E-state index < -0.39 is 8.07 Å². The van der Waals surface area contributed by atoms with Gasteiger partial charge in [0.2, 0.25) is 0 Å². The quantitative estimate of drug-likeness (QED) is 0.0521. The number of hydrogen-bond acceptors (Lipinski definition) is 5. The summed E-state index contributed by atoms with van der Waals surface area (Å²) in [6.07, 6.45) is 7.56. The van der Waals surface area contributed by atoms with E-state index in [1.165, 1.54) is 40.3 Å².